The molecule has 9 heteroatoms. The predicted molar refractivity (Wildman–Crippen MR) is 220 cm³/mol. The number of halogens is 2. The van der Waals surface area contributed by atoms with Crippen molar-refractivity contribution >= 4 is 68.0 Å². The summed E-state index contributed by atoms with van der Waals surface area (Å²) in [5, 5.41) is 1.52. The first-order valence-electron chi connectivity index (χ1n) is 16.1. The van der Waals surface area contributed by atoms with Crippen molar-refractivity contribution in [2.75, 3.05) is 27.5 Å². The summed E-state index contributed by atoms with van der Waals surface area (Å²) >= 11 is 7.73. The summed E-state index contributed by atoms with van der Waals surface area (Å²) in [4.78, 5) is 15.2. The number of nitrogens with zero attached hydrogens (tertiary/aromatic N) is 3. The number of amidine groups is 1. The Morgan fingerprint density at radius 2 is 1.10 bits per heavy atom. The van der Waals surface area contributed by atoms with Crippen LogP contribution in [0, 0.1) is 0 Å². The van der Waals surface area contributed by atoms with Gasteiger partial charge in [0.2, 0.25) is 0 Å². The van der Waals surface area contributed by atoms with Gasteiger partial charge in [-0.2, -0.15) is 0 Å². The Hall–Kier alpha value is -3.81. The molecular formula is C42H36AuBr2N3O2P+. The maximum absolute atomic E-state index is 5.40. The average molecular weight is 1000 g/mol. The summed E-state index contributed by atoms with van der Waals surface area (Å²) in [6.07, 6.45) is 0. The zero-order chi connectivity index (χ0) is 35.0. The summed E-state index contributed by atoms with van der Waals surface area (Å²) in [6.45, 7) is 4.61. The van der Waals surface area contributed by atoms with Gasteiger partial charge in [-0.05, 0) is 102 Å². The molecule has 0 radical (unpaired) electrons. The summed E-state index contributed by atoms with van der Waals surface area (Å²) in [7, 11) is 3.11. The minimum atomic E-state index is -0.212. The smallest absolute Gasteiger partial charge is 0.497 e. The summed E-state index contributed by atoms with van der Waals surface area (Å²) < 4.78 is 12.5. The molecule has 1 aliphatic rings. The van der Waals surface area contributed by atoms with E-state index in [1.807, 2.05) is 109 Å². The number of methoxy groups -OCH3 is 2. The number of hydrogen-bond acceptors (Lipinski definition) is 3. The molecule has 5 nitrogen and oxygen atoms in total. The third-order valence-electron chi connectivity index (χ3n) is 8.15. The van der Waals surface area contributed by atoms with Crippen molar-refractivity contribution in [1.82, 2.24) is 4.98 Å². The molecule has 0 atom stereocenters. The molecule has 2 heterocycles. The molecule has 0 amide bonds. The fourth-order valence-electron chi connectivity index (χ4n) is 5.49. The first-order chi connectivity index (χ1) is 24.4. The minimum Gasteiger partial charge on any atom is -0.497 e. The van der Waals surface area contributed by atoms with Crippen LogP contribution >= 0.6 is 39.8 Å². The molecule has 0 aliphatic carbocycles. The molecule has 0 N–H and O–H groups in total. The Labute approximate surface area is 333 Å². The predicted octanol–water partition coefficient (Wildman–Crippen LogP) is 10.9. The van der Waals surface area contributed by atoms with Crippen molar-refractivity contribution in [3.8, 4) is 33.9 Å². The maximum atomic E-state index is 5.40. The molecule has 260 valence electrons. The molecule has 0 saturated heterocycles. The summed E-state index contributed by atoms with van der Waals surface area (Å²) in [6, 6.07) is 46.7. The van der Waals surface area contributed by atoms with Gasteiger partial charge >= 0.3 is 22.4 Å². The van der Waals surface area contributed by atoms with Crippen LogP contribution in [0.3, 0.4) is 0 Å². The number of ether oxygens (including phenoxy) is 2. The van der Waals surface area contributed by atoms with Gasteiger partial charge in [0.25, 0.3) is 0 Å². The maximum Gasteiger partial charge on any atom is 1.00 e. The van der Waals surface area contributed by atoms with E-state index in [1.54, 1.807) is 14.2 Å². The van der Waals surface area contributed by atoms with Gasteiger partial charge in [0.05, 0.1) is 48.9 Å². The van der Waals surface area contributed by atoms with Crippen LogP contribution in [0.15, 0.2) is 158 Å². The summed E-state index contributed by atoms with van der Waals surface area (Å²) in [5.41, 5.74) is 7.31. The van der Waals surface area contributed by atoms with Crippen molar-refractivity contribution in [2.45, 2.75) is 0 Å². The Morgan fingerprint density at radius 1 is 0.608 bits per heavy atom. The second-order valence-electron chi connectivity index (χ2n) is 11.6. The van der Waals surface area contributed by atoms with E-state index in [0.717, 1.165) is 65.3 Å². The number of allylic oxidation sites excluding steroid dienone is 1. The van der Waals surface area contributed by atoms with E-state index in [1.165, 1.54) is 5.30 Å². The average Bonchev–Trinajstić information content (AvgIpc) is 3.67. The van der Waals surface area contributed by atoms with E-state index in [0.29, 0.717) is 11.7 Å². The Morgan fingerprint density at radius 3 is 1.59 bits per heavy atom. The number of benzene rings is 5. The second kappa shape index (κ2) is 18.1. The first-order valence-corrected chi connectivity index (χ1v) is 20.2. The number of aromatic nitrogens is 1. The van der Waals surface area contributed by atoms with E-state index < -0.39 is 0 Å². The van der Waals surface area contributed by atoms with Gasteiger partial charge in [-0.1, -0.05) is 103 Å². The summed E-state index contributed by atoms with van der Waals surface area (Å²) in [5.74, 6) is 2.70. The van der Waals surface area contributed by atoms with E-state index in [2.05, 4.69) is 75.5 Å². The second-order valence-corrected chi connectivity index (χ2v) is 15.8. The topological polar surface area (TPSA) is 57.3 Å². The monoisotopic (exact) mass is 1000 g/mol. The Bertz CT molecular complexity index is 2150. The largest absolute Gasteiger partial charge is 1.00 e. The van der Waals surface area contributed by atoms with E-state index in [9.17, 15) is 0 Å². The van der Waals surface area contributed by atoms with E-state index in [-0.39, 0.29) is 30.3 Å². The molecule has 7 rings (SSSR count). The van der Waals surface area contributed by atoms with Crippen LogP contribution in [0.4, 0.5) is 5.82 Å². The molecule has 1 aliphatic heterocycles. The van der Waals surface area contributed by atoms with Crippen LogP contribution in [0.2, 0.25) is 0 Å². The van der Waals surface area contributed by atoms with Crippen molar-refractivity contribution < 1.29 is 31.9 Å². The van der Waals surface area contributed by atoms with Crippen LogP contribution in [-0.4, -0.2) is 39.1 Å². The number of aliphatic imine (C=N–C) groups is 2. The normalized spacial score (nSPS) is 13.0. The van der Waals surface area contributed by atoms with E-state index >= 15 is 0 Å². The standard InChI is InChI=1S/C34H24Br2N3O2.C8H11P.Au/c1-40-25-17-13-21(14-18-25)27-29(35)31(23-9-5-3-6-10-23)37-33(27)39-34-28(22-15-19-26(41-2)20-16-22)30(36)32(38-34)24-11-7-4-8-12-24;1-9(2)8-6-4-3-5-7-8;/h3-20H,1-2H3;3-7H,1-2H3;/q-1;;+1/p+1/b39-33-;;. The van der Waals surface area contributed by atoms with Crippen LogP contribution in [0.5, 0.6) is 11.5 Å². The molecule has 0 unspecified atom stereocenters. The number of rotatable bonds is 8. The third kappa shape index (κ3) is 8.99. The molecule has 0 spiro atoms. The van der Waals surface area contributed by atoms with Gasteiger partial charge in [-0.15, -0.1) is 0 Å². The van der Waals surface area contributed by atoms with Gasteiger partial charge in [0.15, 0.2) is 0 Å². The molecule has 0 bridgehead atoms. The van der Waals surface area contributed by atoms with Gasteiger partial charge in [-0.3, -0.25) is 4.99 Å². The molecular weight excluding hydrogens is 966 g/mol. The van der Waals surface area contributed by atoms with Crippen molar-refractivity contribution in [1.29, 1.82) is 0 Å². The number of hydrogen-bond donors (Lipinski definition) is 0. The molecule has 6 aromatic rings. The fraction of sp³-hybridized carbons (Fsp3) is 0.0952. The van der Waals surface area contributed by atoms with Crippen molar-refractivity contribution in [3.63, 3.8) is 0 Å². The molecule has 51 heavy (non-hydrogen) atoms. The Balaban J connectivity index is 0.000000441. The SMILES string of the molecule is COc1ccc(C2=C(Br)C(c3ccccc3)=N/C2=N\c2[n-]c(-c3ccccc3)c(Br)c2-c2ccc(OC)cc2)cc1.C[PH+](C)c1ccccc1.[Au+]. The first kappa shape index (κ1) is 38.4. The van der Waals surface area contributed by atoms with Gasteiger partial charge in [0.1, 0.15) is 11.5 Å². The Kier molecular flexibility index (Phi) is 13.6. The van der Waals surface area contributed by atoms with Gasteiger partial charge in [0, 0.05) is 23.5 Å². The van der Waals surface area contributed by atoms with Crippen LogP contribution in [0.1, 0.15) is 11.1 Å². The molecule has 0 fully saturated rings. The van der Waals surface area contributed by atoms with Crippen molar-refractivity contribution in [3.05, 3.63) is 160 Å². The zero-order valence-corrected chi connectivity index (χ0v) is 34.8. The molecule has 1 aromatic heterocycles. The van der Waals surface area contributed by atoms with Crippen molar-refractivity contribution in [2.24, 2.45) is 9.98 Å². The van der Waals surface area contributed by atoms with E-state index in [4.69, 9.17) is 24.4 Å². The molecule has 0 saturated carbocycles. The fourth-order valence-corrected chi connectivity index (χ4v) is 7.80. The van der Waals surface area contributed by atoms with Crippen LogP contribution < -0.4 is 19.8 Å². The minimum absolute atomic E-state index is 0. The molecule has 5 aromatic carbocycles. The third-order valence-corrected chi connectivity index (χ3v) is 11.2. The van der Waals surface area contributed by atoms with Crippen LogP contribution in [0.25, 0.3) is 28.0 Å². The quantitative estimate of drug-likeness (QED) is 0.113. The van der Waals surface area contributed by atoms with Gasteiger partial charge < -0.3 is 19.5 Å². The zero-order valence-electron chi connectivity index (χ0n) is 28.5. The van der Waals surface area contributed by atoms with Gasteiger partial charge in [-0.25, -0.2) is 0 Å². The van der Waals surface area contributed by atoms with Crippen LogP contribution in [-0.2, 0) is 22.4 Å².